The Morgan fingerprint density at radius 2 is 2.47 bits per heavy atom. The zero-order valence-electron chi connectivity index (χ0n) is 9.82. The van der Waals surface area contributed by atoms with E-state index < -0.39 is 0 Å². The lowest BCUT2D eigenvalue weighted by atomic mass is 10.1. The van der Waals surface area contributed by atoms with Crippen molar-refractivity contribution >= 4 is 17.5 Å². The molecule has 4 nitrogen and oxygen atoms in total. The highest BCUT2D eigenvalue weighted by molar-refractivity contribution is 6.32. The van der Waals surface area contributed by atoms with Crippen molar-refractivity contribution in [2.45, 2.75) is 18.9 Å². The predicted octanol–water partition coefficient (Wildman–Crippen LogP) is 1.56. The topological polar surface area (TPSA) is 45.2 Å². The van der Waals surface area contributed by atoms with Gasteiger partial charge in [-0.1, -0.05) is 11.6 Å². The second-order valence-electron chi connectivity index (χ2n) is 4.26. The molecule has 1 amide bonds. The summed E-state index contributed by atoms with van der Waals surface area (Å²) in [4.78, 5) is 17.9. The summed E-state index contributed by atoms with van der Waals surface area (Å²) >= 11 is 5.93. The summed E-state index contributed by atoms with van der Waals surface area (Å²) in [5, 5.41) is 3.57. The lowest BCUT2D eigenvalue weighted by Gasteiger charge is -2.31. The van der Waals surface area contributed by atoms with Crippen molar-refractivity contribution in [2.24, 2.45) is 0 Å². The maximum absolute atomic E-state index is 12.2. The SMILES string of the molecule is CN(C(=O)c1cccnc1Cl)C1CCCNC1. The van der Waals surface area contributed by atoms with E-state index in [4.69, 9.17) is 11.6 Å². The first-order chi connectivity index (χ1) is 8.20. The Morgan fingerprint density at radius 3 is 3.12 bits per heavy atom. The van der Waals surface area contributed by atoms with Crippen LogP contribution in [0, 0.1) is 0 Å². The number of rotatable bonds is 2. The van der Waals surface area contributed by atoms with Crippen LogP contribution in [0.25, 0.3) is 0 Å². The van der Waals surface area contributed by atoms with Gasteiger partial charge in [-0.2, -0.15) is 0 Å². The summed E-state index contributed by atoms with van der Waals surface area (Å²) in [6.45, 7) is 1.88. The van der Waals surface area contributed by atoms with Crippen molar-refractivity contribution in [3.05, 3.63) is 29.0 Å². The van der Waals surface area contributed by atoms with Gasteiger partial charge in [-0.3, -0.25) is 4.79 Å². The number of pyridine rings is 1. The molecule has 1 unspecified atom stereocenters. The molecule has 2 heterocycles. The Hall–Kier alpha value is -1.13. The van der Waals surface area contributed by atoms with Gasteiger partial charge >= 0.3 is 0 Å². The smallest absolute Gasteiger partial charge is 0.257 e. The zero-order valence-corrected chi connectivity index (χ0v) is 10.6. The molecule has 0 spiro atoms. The van der Waals surface area contributed by atoms with Crippen LogP contribution < -0.4 is 5.32 Å². The van der Waals surface area contributed by atoms with Gasteiger partial charge in [0.2, 0.25) is 0 Å². The molecular formula is C12H16ClN3O. The van der Waals surface area contributed by atoms with E-state index in [1.807, 2.05) is 7.05 Å². The third-order valence-electron chi connectivity index (χ3n) is 3.13. The first kappa shape index (κ1) is 12.3. The standard InChI is InChI=1S/C12H16ClN3O/c1-16(9-4-2-6-14-8-9)12(17)10-5-3-7-15-11(10)13/h3,5,7,9,14H,2,4,6,8H2,1H3. The number of carbonyl (C=O) groups excluding carboxylic acids is 1. The number of hydrogen-bond donors (Lipinski definition) is 1. The van der Waals surface area contributed by atoms with Crippen molar-refractivity contribution in [2.75, 3.05) is 20.1 Å². The third-order valence-corrected chi connectivity index (χ3v) is 3.43. The van der Waals surface area contributed by atoms with Crippen LogP contribution in [-0.4, -0.2) is 42.0 Å². The minimum atomic E-state index is -0.0585. The Kier molecular flexibility index (Phi) is 3.97. The van der Waals surface area contributed by atoms with Crippen LogP contribution in [0.5, 0.6) is 0 Å². The monoisotopic (exact) mass is 253 g/mol. The minimum Gasteiger partial charge on any atom is -0.337 e. The fraction of sp³-hybridized carbons (Fsp3) is 0.500. The molecule has 1 aromatic rings. The van der Waals surface area contributed by atoms with E-state index in [0.29, 0.717) is 5.56 Å². The fourth-order valence-corrected chi connectivity index (χ4v) is 2.27. The van der Waals surface area contributed by atoms with Crippen LogP contribution in [0.1, 0.15) is 23.2 Å². The molecule has 0 aromatic carbocycles. The van der Waals surface area contributed by atoms with E-state index in [9.17, 15) is 4.79 Å². The number of likely N-dealkylation sites (N-methyl/N-ethyl adjacent to an activating group) is 1. The number of halogens is 1. The molecule has 1 fully saturated rings. The van der Waals surface area contributed by atoms with E-state index in [1.165, 1.54) is 0 Å². The van der Waals surface area contributed by atoms with E-state index in [1.54, 1.807) is 23.2 Å². The third kappa shape index (κ3) is 2.76. The number of amides is 1. The van der Waals surface area contributed by atoms with Crippen LogP contribution in [0.2, 0.25) is 5.15 Å². The predicted molar refractivity (Wildman–Crippen MR) is 67.2 cm³/mol. The molecule has 1 aliphatic heterocycles. The highest BCUT2D eigenvalue weighted by Gasteiger charge is 2.24. The number of piperidine rings is 1. The second kappa shape index (κ2) is 5.47. The van der Waals surface area contributed by atoms with E-state index in [0.717, 1.165) is 25.9 Å². The van der Waals surface area contributed by atoms with Gasteiger partial charge in [0, 0.05) is 25.8 Å². The largest absolute Gasteiger partial charge is 0.337 e. The zero-order chi connectivity index (χ0) is 12.3. The number of aromatic nitrogens is 1. The van der Waals surface area contributed by atoms with Crippen LogP contribution in [0.3, 0.4) is 0 Å². The lowest BCUT2D eigenvalue weighted by Crippen LogP contribution is -2.46. The van der Waals surface area contributed by atoms with E-state index in [-0.39, 0.29) is 17.1 Å². The van der Waals surface area contributed by atoms with Crippen LogP contribution in [-0.2, 0) is 0 Å². The molecule has 1 aliphatic rings. The van der Waals surface area contributed by atoms with Crippen molar-refractivity contribution in [3.63, 3.8) is 0 Å². The van der Waals surface area contributed by atoms with Gasteiger partial charge in [0.25, 0.3) is 5.91 Å². The lowest BCUT2D eigenvalue weighted by molar-refractivity contribution is 0.0708. The maximum atomic E-state index is 12.2. The van der Waals surface area contributed by atoms with Gasteiger partial charge in [0.15, 0.2) is 0 Å². The first-order valence-electron chi connectivity index (χ1n) is 5.78. The molecule has 0 aliphatic carbocycles. The molecule has 1 saturated heterocycles. The second-order valence-corrected chi connectivity index (χ2v) is 4.62. The van der Waals surface area contributed by atoms with Crippen LogP contribution >= 0.6 is 11.6 Å². The summed E-state index contributed by atoms with van der Waals surface area (Å²) in [7, 11) is 1.82. The number of nitrogens with one attached hydrogen (secondary N) is 1. The molecule has 92 valence electrons. The molecule has 1 N–H and O–H groups in total. The Morgan fingerprint density at radius 1 is 1.65 bits per heavy atom. The van der Waals surface area contributed by atoms with Gasteiger partial charge in [-0.25, -0.2) is 4.98 Å². The number of hydrogen-bond acceptors (Lipinski definition) is 3. The minimum absolute atomic E-state index is 0.0585. The van der Waals surface area contributed by atoms with Crippen molar-refractivity contribution in [3.8, 4) is 0 Å². The van der Waals surface area contributed by atoms with Crippen LogP contribution in [0.15, 0.2) is 18.3 Å². The van der Waals surface area contributed by atoms with Crippen LogP contribution in [0.4, 0.5) is 0 Å². The molecule has 2 rings (SSSR count). The van der Waals surface area contributed by atoms with E-state index in [2.05, 4.69) is 10.3 Å². The van der Waals surface area contributed by atoms with Crippen molar-refractivity contribution in [1.29, 1.82) is 0 Å². The number of nitrogens with zero attached hydrogens (tertiary/aromatic N) is 2. The summed E-state index contributed by atoms with van der Waals surface area (Å²) in [5.41, 5.74) is 0.474. The van der Waals surface area contributed by atoms with Crippen molar-refractivity contribution < 1.29 is 4.79 Å². The Labute approximate surface area is 106 Å². The first-order valence-corrected chi connectivity index (χ1v) is 6.16. The molecule has 17 heavy (non-hydrogen) atoms. The summed E-state index contributed by atoms with van der Waals surface area (Å²) in [5.74, 6) is -0.0585. The van der Waals surface area contributed by atoms with Gasteiger partial charge in [-0.15, -0.1) is 0 Å². The normalized spacial score (nSPS) is 20.0. The van der Waals surface area contributed by atoms with Crippen molar-refractivity contribution in [1.82, 2.24) is 15.2 Å². The fourth-order valence-electron chi connectivity index (χ4n) is 2.07. The Balaban J connectivity index is 2.11. The van der Waals surface area contributed by atoms with Gasteiger partial charge in [0.05, 0.1) is 5.56 Å². The molecule has 0 bridgehead atoms. The molecule has 1 atom stereocenters. The maximum Gasteiger partial charge on any atom is 0.257 e. The quantitative estimate of drug-likeness (QED) is 0.814. The Bertz CT molecular complexity index is 404. The molecule has 0 radical (unpaired) electrons. The van der Waals surface area contributed by atoms with Gasteiger partial charge in [-0.05, 0) is 31.5 Å². The summed E-state index contributed by atoms with van der Waals surface area (Å²) in [6, 6.07) is 3.68. The highest BCUT2D eigenvalue weighted by Crippen LogP contribution is 2.17. The molecule has 1 aromatic heterocycles. The average molecular weight is 254 g/mol. The summed E-state index contributed by atoms with van der Waals surface area (Å²) < 4.78 is 0. The van der Waals surface area contributed by atoms with E-state index >= 15 is 0 Å². The van der Waals surface area contributed by atoms with Gasteiger partial charge in [0.1, 0.15) is 5.15 Å². The highest BCUT2D eigenvalue weighted by atomic mass is 35.5. The average Bonchev–Trinajstić information content (AvgIpc) is 2.39. The van der Waals surface area contributed by atoms with Gasteiger partial charge < -0.3 is 10.2 Å². The number of carbonyl (C=O) groups is 1. The molecule has 0 saturated carbocycles. The summed E-state index contributed by atoms with van der Waals surface area (Å²) in [6.07, 6.45) is 3.72. The molecular weight excluding hydrogens is 238 g/mol. The molecule has 5 heteroatoms.